The summed E-state index contributed by atoms with van der Waals surface area (Å²) in [5.41, 5.74) is -2.86. The maximum absolute atomic E-state index is 10.3. The quantitative estimate of drug-likeness (QED) is 0.391. The lowest BCUT2D eigenvalue weighted by Crippen LogP contribution is -2.49. The lowest BCUT2D eigenvalue weighted by Gasteiger charge is -2.17. The van der Waals surface area contributed by atoms with Gasteiger partial charge in [0, 0.05) is 0 Å². The van der Waals surface area contributed by atoms with Gasteiger partial charge < -0.3 is 20.4 Å². The molecule has 1 radical (unpaired) electrons. The largest absolute Gasteiger partial charge is 0.490 e. The van der Waals surface area contributed by atoms with E-state index < -0.39 is 29.7 Å². The number of hydrogen-bond acceptors (Lipinski definition) is 4. The molecule has 1 atom stereocenters. The van der Waals surface area contributed by atoms with E-state index >= 15 is 0 Å². The minimum atomic E-state index is -2.86. The number of aliphatic carboxylic acids is 2. The zero-order valence-electron chi connectivity index (χ0n) is 6.30. The standard InChI is InChI=1S/C5H6BO7/c7-2(8)1-5(13,3(9)10)6-4(11)12/h13H,1H2,(H,7,8)(H,9,10)(H,11,12)/t5-/m1/s1. The van der Waals surface area contributed by atoms with E-state index in [-0.39, 0.29) is 7.28 Å². The highest BCUT2D eigenvalue weighted by Gasteiger charge is 2.42. The molecule has 0 saturated heterocycles. The first-order valence-electron chi connectivity index (χ1n) is 3.04. The highest BCUT2D eigenvalue weighted by Crippen LogP contribution is 2.09. The van der Waals surface area contributed by atoms with E-state index in [1.54, 1.807) is 0 Å². The van der Waals surface area contributed by atoms with Gasteiger partial charge in [0.05, 0.1) is 6.42 Å². The van der Waals surface area contributed by atoms with Gasteiger partial charge in [0.15, 0.2) is 5.50 Å². The molecule has 0 bridgehead atoms. The monoisotopic (exact) mass is 189 g/mol. The Morgan fingerprint density at radius 2 is 1.62 bits per heavy atom. The Hall–Kier alpha value is -1.57. The molecule has 0 aromatic carbocycles. The van der Waals surface area contributed by atoms with Crippen LogP contribution in [0.4, 0.5) is 4.79 Å². The predicted molar refractivity (Wildman–Crippen MR) is 38.6 cm³/mol. The van der Waals surface area contributed by atoms with Crippen LogP contribution in [0.25, 0.3) is 0 Å². The zero-order chi connectivity index (χ0) is 10.6. The molecule has 0 rings (SSSR count). The normalized spacial score (nSPS) is 14.2. The van der Waals surface area contributed by atoms with Gasteiger partial charge in [-0.05, 0) is 0 Å². The molecule has 0 aliphatic carbocycles. The molecule has 0 amide bonds. The molecule has 0 aromatic rings. The molecular weight excluding hydrogens is 183 g/mol. The number of aliphatic hydroxyl groups is 1. The van der Waals surface area contributed by atoms with Crippen LogP contribution in [0.1, 0.15) is 6.42 Å². The van der Waals surface area contributed by atoms with Crippen molar-refractivity contribution in [3.05, 3.63) is 0 Å². The summed E-state index contributed by atoms with van der Waals surface area (Å²) in [7, 11) is 0.0173. The van der Waals surface area contributed by atoms with Gasteiger partial charge in [0.1, 0.15) is 0 Å². The molecular formula is C5H6BO7. The van der Waals surface area contributed by atoms with Crippen LogP contribution >= 0.6 is 0 Å². The first-order valence-corrected chi connectivity index (χ1v) is 3.04. The molecule has 0 heterocycles. The molecule has 7 nitrogen and oxygen atoms in total. The lowest BCUT2D eigenvalue weighted by atomic mass is 9.59. The molecule has 13 heavy (non-hydrogen) atoms. The van der Waals surface area contributed by atoms with Crippen molar-refractivity contribution in [2.45, 2.75) is 11.9 Å². The summed E-state index contributed by atoms with van der Waals surface area (Å²) >= 11 is 0. The van der Waals surface area contributed by atoms with Crippen molar-refractivity contribution in [2.24, 2.45) is 0 Å². The molecule has 0 fully saturated rings. The maximum atomic E-state index is 10.3. The Bertz CT molecular complexity index is 231. The van der Waals surface area contributed by atoms with Crippen LogP contribution in [-0.4, -0.2) is 51.0 Å². The van der Waals surface area contributed by atoms with Crippen molar-refractivity contribution in [3.8, 4) is 0 Å². The van der Waals surface area contributed by atoms with Crippen molar-refractivity contribution in [1.29, 1.82) is 0 Å². The SMILES string of the molecule is O=C(O)[B][C@@](O)(CC(=O)O)C(=O)O. The molecule has 0 spiro atoms. The number of carboxylic acids is 2. The number of rotatable bonds is 5. The van der Waals surface area contributed by atoms with E-state index in [9.17, 15) is 14.4 Å². The topological polar surface area (TPSA) is 132 Å². The zero-order valence-corrected chi connectivity index (χ0v) is 6.30. The highest BCUT2D eigenvalue weighted by molar-refractivity contribution is 6.76. The van der Waals surface area contributed by atoms with E-state index in [1.165, 1.54) is 0 Å². The maximum Gasteiger partial charge on any atom is 0.327 e. The number of hydrogen-bond donors (Lipinski definition) is 4. The van der Waals surface area contributed by atoms with Gasteiger partial charge >= 0.3 is 19.2 Å². The van der Waals surface area contributed by atoms with Crippen molar-refractivity contribution in [1.82, 2.24) is 0 Å². The Balaban J connectivity index is 4.62. The van der Waals surface area contributed by atoms with Gasteiger partial charge in [-0.2, -0.15) is 0 Å². The van der Waals surface area contributed by atoms with Crippen molar-refractivity contribution in [2.75, 3.05) is 0 Å². The van der Waals surface area contributed by atoms with Gasteiger partial charge in [-0.3, -0.25) is 9.59 Å². The van der Waals surface area contributed by atoms with Gasteiger partial charge in [-0.25, -0.2) is 4.79 Å². The van der Waals surface area contributed by atoms with E-state index in [0.29, 0.717) is 0 Å². The van der Waals surface area contributed by atoms with Crippen molar-refractivity contribution < 1.29 is 34.8 Å². The molecule has 0 aliphatic rings. The molecule has 4 N–H and O–H groups in total. The summed E-state index contributed by atoms with van der Waals surface area (Å²) in [4.78, 5) is 30.4. The Morgan fingerprint density at radius 3 is 1.85 bits per heavy atom. The summed E-state index contributed by atoms with van der Waals surface area (Å²) < 4.78 is 0. The molecule has 0 aliphatic heterocycles. The fraction of sp³-hybridized carbons (Fsp3) is 0.400. The Labute approximate surface area is 72.8 Å². The van der Waals surface area contributed by atoms with Gasteiger partial charge in [-0.15, -0.1) is 0 Å². The molecule has 0 aromatic heterocycles. The third-order valence-corrected chi connectivity index (χ3v) is 1.15. The molecule has 71 valence electrons. The van der Waals surface area contributed by atoms with Crippen LogP contribution in [0, 0.1) is 0 Å². The molecule has 0 saturated carbocycles. The first-order chi connectivity index (χ1) is 5.78. The van der Waals surface area contributed by atoms with E-state index in [4.69, 9.17) is 20.4 Å². The van der Waals surface area contributed by atoms with Crippen molar-refractivity contribution in [3.63, 3.8) is 0 Å². The summed E-state index contributed by atoms with van der Waals surface area (Å²) in [6, 6.07) is 0. The molecule has 0 unspecified atom stereocenters. The summed E-state index contributed by atoms with van der Waals surface area (Å²) in [6.45, 7) is 0. The highest BCUT2D eigenvalue weighted by atomic mass is 16.4. The van der Waals surface area contributed by atoms with Gasteiger partial charge in [0.2, 0.25) is 5.87 Å². The second-order valence-corrected chi connectivity index (χ2v) is 2.28. The van der Waals surface area contributed by atoms with E-state index in [2.05, 4.69) is 0 Å². The average molecular weight is 189 g/mol. The average Bonchev–Trinajstić information content (AvgIpc) is 1.82. The fourth-order valence-electron chi connectivity index (χ4n) is 0.623. The first kappa shape index (κ1) is 11.4. The summed E-state index contributed by atoms with van der Waals surface area (Å²) in [6.07, 6.45) is -1.20. The smallest absolute Gasteiger partial charge is 0.327 e. The lowest BCUT2D eigenvalue weighted by molar-refractivity contribution is -0.157. The number of carboxylic acid groups (broad SMARTS) is 3. The van der Waals surface area contributed by atoms with E-state index in [1.807, 2.05) is 0 Å². The molecule has 8 heteroatoms. The fourth-order valence-corrected chi connectivity index (χ4v) is 0.623. The van der Waals surface area contributed by atoms with Gasteiger partial charge in [0.25, 0.3) is 0 Å². The summed E-state index contributed by atoms with van der Waals surface area (Å²) in [5, 5.41) is 33.6. The van der Waals surface area contributed by atoms with Crippen LogP contribution in [-0.2, 0) is 9.59 Å². The minimum Gasteiger partial charge on any atom is -0.490 e. The van der Waals surface area contributed by atoms with Crippen LogP contribution < -0.4 is 0 Å². The number of carbonyl (C=O) groups is 3. The van der Waals surface area contributed by atoms with Crippen LogP contribution in [0.5, 0.6) is 0 Å². The summed E-state index contributed by atoms with van der Waals surface area (Å²) in [5.74, 6) is -5.23. The van der Waals surface area contributed by atoms with Crippen LogP contribution in [0.15, 0.2) is 0 Å². The van der Waals surface area contributed by atoms with Crippen molar-refractivity contribution >= 4 is 25.1 Å². The second-order valence-electron chi connectivity index (χ2n) is 2.28. The van der Waals surface area contributed by atoms with Crippen LogP contribution in [0.3, 0.4) is 0 Å². The Morgan fingerprint density at radius 1 is 1.15 bits per heavy atom. The van der Waals surface area contributed by atoms with Gasteiger partial charge in [-0.1, -0.05) is 0 Å². The van der Waals surface area contributed by atoms with Crippen LogP contribution in [0.2, 0.25) is 0 Å². The van der Waals surface area contributed by atoms with E-state index in [0.717, 1.165) is 0 Å². The second kappa shape index (κ2) is 3.90. The predicted octanol–water partition coefficient (Wildman–Crippen LogP) is -1.38. The third-order valence-electron chi connectivity index (χ3n) is 1.15. The Kier molecular flexibility index (Phi) is 3.43. The minimum absolute atomic E-state index is 0.0173. The third kappa shape index (κ3) is 3.56.